The number of hydrogen-bond acceptors (Lipinski definition) is 4. The number of aliphatic hydroxyl groups is 1. The molecule has 2 heterocycles. The van der Waals surface area contributed by atoms with Gasteiger partial charge >= 0.3 is 0 Å². The Balaban J connectivity index is 1.77. The van der Waals surface area contributed by atoms with E-state index in [9.17, 15) is 14.7 Å². The average molecular weight is 308 g/mol. The van der Waals surface area contributed by atoms with Crippen LogP contribution >= 0.6 is 0 Å². The average Bonchev–Trinajstić information content (AvgIpc) is 3.02. The molecule has 3 N–H and O–H groups in total. The zero-order valence-electron chi connectivity index (χ0n) is 13.1. The summed E-state index contributed by atoms with van der Waals surface area (Å²) in [6.45, 7) is 4.85. The van der Waals surface area contributed by atoms with Gasteiger partial charge in [0.1, 0.15) is 0 Å². The number of likely N-dealkylation sites (tertiary alicyclic amines) is 1. The first kappa shape index (κ1) is 16.5. The number of nitrogens with one attached hydrogen (secondary N) is 2. The van der Waals surface area contributed by atoms with Gasteiger partial charge in [0.15, 0.2) is 0 Å². The molecule has 0 saturated carbocycles. The molecule has 0 spiro atoms. The summed E-state index contributed by atoms with van der Waals surface area (Å²) in [5.41, 5.74) is 1.91. The molecule has 1 aromatic heterocycles. The van der Waals surface area contributed by atoms with Crippen molar-refractivity contribution in [2.45, 2.75) is 39.2 Å². The Morgan fingerprint density at radius 1 is 1.50 bits per heavy atom. The number of H-pyrrole nitrogens is 1. The Kier molecular flexibility index (Phi) is 5.54. The zero-order valence-corrected chi connectivity index (χ0v) is 13.1. The topological polar surface area (TPSA) is 98.3 Å². The zero-order chi connectivity index (χ0) is 16.1. The van der Waals surface area contributed by atoms with Gasteiger partial charge < -0.3 is 15.3 Å². The maximum Gasteiger partial charge on any atom is 0.222 e. The van der Waals surface area contributed by atoms with Crippen molar-refractivity contribution in [2.75, 3.05) is 19.6 Å². The number of hydrogen-bond donors (Lipinski definition) is 3. The van der Waals surface area contributed by atoms with E-state index < -0.39 is 6.10 Å². The van der Waals surface area contributed by atoms with Crippen LogP contribution in [0.5, 0.6) is 0 Å². The summed E-state index contributed by atoms with van der Waals surface area (Å²) in [6, 6.07) is 1.96. The van der Waals surface area contributed by atoms with Crippen LogP contribution in [0.25, 0.3) is 0 Å². The number of nitrogens with zero attached hydrogens (tertiary/aromatic N) is 2. The van der Waals surface area contributed by atoms with Gasteiger partial charge in [-0.3, -0.25) is 14.7 Å². The fourth-order valence-corrected chi connectivity index (χ4v) is 2.77. The van der Waals surface area contributed by atoms with Crippen LogP contribution in [0.15, 0.2) is 6.07 Å². The Bertz CT molecular complexity index is 529. The highest BCUT2D eigenvalue weighted by Crippen LogP contribution is 2.22. The van der Waals surface area contributed by atoms with Gasteiger partial charge in [-0.2, -0.15) is 5.10 Å². The van der Waals surface area contributed by atoms with Crippen molar-refractivity contribution in [3.8, 4) is 0 Å². The quantitative estimate of drug-likeness (QED) is 0.644. The molecule has 1 saturated heterocycles. The maximum atomic E-state index is 12.1. The molecule has 1 aliphatic rings. The number of amides is 2. The van der Waals surface area contributed by atoms with Gasteiger partial charge in [-0.15, -0.1) is 0 Å². The molecule has 1 aromatic rings. The van der Waals surface area contributed by atoms with E-state index in [0.717, 1.165) is 11.4 Å². The van der Waals surface area contributed by atoms with Crippen LogP contribution in [-0.4, -0.2) is 57.8 Å². The first-order valence-electron chi connectivity index (χ1n) is 7.67. The minimum atomic E-state index is -0.503. The summed E-state index contributed by atoms with van der Waals surface area (Å²) in [7, 11) is 0. The summed E-state index contributed by atoms with van der Waals surface area (Å²) in [5.74, 6) is -0.0227. The first-order valence-corrected chi connectivity index (χ1v) is 7.67. The van der Waals surface area contributed by atoms with Crippen molar-refractivity contribution in [1.29, 1.82) is 0 Å². The van der Waals surface area contributed by atoms with Gasteiger partial charge in [0, 0.05) is 44.6 Å². The van der Waals surface area contributed by atoms with E-state index in [2.05, 4.69) is 15.5 Å². The number of aromatic nitrogens is 2. The normalized spacial score (nSPS) is 21.1. The van der Waals surface area contributed by atoms with Gasteiger partial charge in [0.25, 0.3) is 0 Å². The molecule has 2 rings (SSSR count). The van der Waals surface area contributed by atoms with E-state index in [4.69, 9.17) is 0 Å². The van der Waals surface area contributed by atoms with Crippen molar-refractivity contribution in [1.82, 2.24) is 20.4 Å². The highest BCUT2D eigenvalue weighted by molar-refractivity contribution is 5.77. The fourth-order valence-electron chi connectivity index (χ4n) is 2.77. The maximum absolute atomic E-state index is 12.1. The second-order valence-corrected chi connectivity index (χ2v) is 5.96. The monoisotopic (exact) mass is 308 g/mol. The third-order valence-corrected chi connectivity index (χ3v) is 3.93. The third kappa shape index (κ3) is 4.56. The molecule has 7 nitrogen and oxygen atoms in total. The molecule has 0 bridgehead atoms. The molecule has 22 heavy (non-hydrogen) atoms. The number of aromatic amines is 1. The summed E-state index contributed by atoms with van der Waals surface area (Å²) < 4.78 is 0. The van der Waals surface area contributed by atoms with Crippen molar-refractivity contribution in [3.05, 3.63) is 17.5 Å². The summed E-state index contributed by atoms with van der Waals surface area (Å²) in [4.78, 5) is 24.6. The number of carbonyl (C=O) groups excluding carboxylic acids is 2. The molecular formula is C15H24N4O3. The highest BCUT2D eigenvalue weighted by atomic mass is 16.3. The second-order valence-electron chi connectivity index (χ2n) is 5.96. The van der Waals surface area contributed by atoms with E-state index in [-0.39, 0.29) is 17.7 Å². The number of aliphatic hydroxyl groups excluding tert-OH is 1. The molecular weight excluding hydrogens is 284 g/mol. The fraction of sp³-hybridized carbons (Fsp3) is 0.667. The number of β-amino-alcohol motifs (C(OH)–C–C–N with tert-alkyl or cyclic N) is 1. The van der Waals surface area contributed by atoms with Crippen LogP contribution in [0.2, 0.25) is 0 Å². The van der Waals surface area contributed by atoms with Gasteiger partial charge in [0.05, 0.1) is 11.8 Å². The largest absolute Gasteiger partial charge is 0.391 e. The SMILES string of the molecule is CC(=O)NCCCC(=O)N1C[C@@H](Cc2cc(C)[nH]n2)[C@H](O)C1. The Morgan fingerprint density at radius 2 is 2.27 bits per heavy atom. The van der Waals surface area contributed by atoms with Crippen LogP contribution in [-0.2, 0) is 16.0 Å². The molecule has 0 aromatic carbocycles. The lowest BCUT2D eigenvalue weighted by Gasteiger charge is -2.16. The summed E-state index contributed by atoms with van der Waals surface area (Å²) >= 11 is 0. The van der Waals surface area contributed by atoms with Crippen LogP contribution in [0.1, 0.15) is 31.2 Å². The van der Waals surface area contributed by atoms with E-state index in [0.29, 0.717) is 38.9 Å². The van der Waals surface area contributed by atoms with E-state index in [1.165, 1.54) is 6.92 Å². The predicted molar refractivity (Wildman–Crippen MR) is 81.0 cm³/mol. The summed E-state index contributed by atoms with van der Waals surface area (Å²) in [5, 5.41) is 19.9. The number of rotatable bonds is 6. The lowest BCUT2D eigenvalue weighted by molar-refractivity contribution is -0.130. The predicted octanol–water partition coefficient (Wildman–Crippen LogP) is -0.00378. The van der Waals surface area contributed by atoms with Crippen molar-refractivity contribution >= 4 is 11.8 Å². The van der Waals surface area contributed by atoms with Gasteiger partial charge in [-0.25, -0.2) is 0 Å². The Hall–Kier alpha value is -1.89. The van der Waals surface area contributed by atoms with E-state index >= 15 is 0 Å². The van der Waals surface area contributed by atoms with Crippen LogP contribution < -0.4 is 5.32 Å². The van der Waals surface area contributed by atoms with Crippen molar-refractivity contribution < 1.29 is 14.7 Å². The van der Waals surface area contributed by atoms with Crippen LogP contribution in [0, 0.1) is 12.8 Å². The first-order chi connectivity index (χ1) is 10.5. The van der Waals surface area contributed by atoms with Gasteiger partial charge in [-0.1, -0.05) is 0 Å². The van der Waals surface area contributed by atoms with Crippen molar-refractivity contribution in [3.63, 3.8) is 0 Å². The smallest absolute Gasteiger partial charge is 0.222 e. The number of aryl methyl sites for hydroxylation is 1. The highest BCUT2D eigenvalue weighted by Gasteiger charge is 2.34. The Labute approximate surface area is 130 Å². The third-order valence-electron chi connectivity index (χ3n) is 3.93. The van der Waals surface area contributed by atoms with Gasteiger partial charge in [-0.05, 0) is 25.8 Å². The summed E-state index contributed by atoms with van der Waals surface area (Å²) in [6.07, 6.45) is 1.17. The van der Waals surface area contributed by atoms with E-state index in [1.54, 1.807) is 4.90 Å². The molecule has 1 aliphatic heterocycles. The van der Waals surface area contributed by atoms with E-state index in [1.807, 2.05) is 13.0 Å². The lowest BCUT2D eigenvalue weighted by atomic mass is 10.0. The molecule has 122 valence electrons. The molecule has 2 amide bonds. The molecule has 7 heteroatoms. The molecule has 0 radical (unpaired) electrons. The molecule has 0 aliphatic carbocycles. The standard InChI is InChI=1S/C15H24N4O3/c1-10-6-13(18-17-10)7-12-8-19(9-14(12)21)15(22)4-3-5-16-11(2)20/h6,12,14,21H,3-5,7-9H2,1-2H3,(H,16,20)(H,17,18)/t12-,14-/m1/s1. The van der Waals surface area contributed by atoms with Crippen LogP contribution in [0.4, 0.5) is 0 Å². The van der Waals surface area contributed by atoms with Crippen molar-refractivity contribution in [2.24, 2.45) is 5.92 Å². The molecule has 1 fully saturated rings. The number of carbonyl (C=O) groups is 2. The second kappa shape index (κ2) is 7.40. The molecule has 2 atom stereocenters. The van der Waals surface area contributed by atoms with Crippen LogP contribution in [0.3, 0.4) is 0 Å². The minimum Gasteiger partial charge on any atom is -0.391 e. The van der Waals surface area contributed by atoms with Gasteiger partial charge in [0.2, 0.25) is 11.8 Å². The Morgan fingerprint density at radius 3 is 2.91 bits per heavy atom. The minimum absolute atomic E-state index is 0.0296. The molecule has 0 unspecified atom stereocenters. The lowest BCUT2D eigenvalue weighted by Crippen LogP contribution is -2.30.